The molecule has 0 saturated heterocycles. The SMILES string of the molecule is Cc1cnc(-c2cccc3c2oc2cc4ccccc4cc23)cc1C. The quantitative estimate of drug-likeness (QED) is 0.356. The molecule has 120 valence electrons. The van der Waals surface area contributed by atoms with Crippen LogP contribution in [0.1, 0.15) is 11.1 Å². The smallest absolute Gasteiger partial charge is 0.144 e. The number of aryl methyl sites for hydroxylation is 2. The lowest BCUT2D eigenvalue weighted by Crippen LogP contribution is -1.88. The van der Waals surface area contributed by atoms with Crippen molar-refractivity contribution in [3.05, 3.63) is 78.0 Å². The summed E-state index contributed by atoms with van der Waals surface area (Å²) in [5, 5.41) is 4.71. The van der Waals surface area contributed by atoms with Crippen LogP contribution in [0.4, 0.5) is 0 Å². The number of para-hydroxylation sites is 1. The van der Waals surface area contributed by atoms with Gasteiger partial charge in [-0.2, -0.15) is 0 Å². The van der Waals surface area contributed by atoms with E-state index >= 15 is 0 Å². The zero-order valence-electron chi connectivity index (χ0n) is 14.2. The van der Waals surface area contributed by atoms with E-state index < -0.39 is 0 Å². The lowest BCUT2D eigenvalue weighted by Gasteiger charge is -2.05. The van der Waals surface area contributed by atoms with Gasteiger partial charge in [0.15, 0.2) is 0 Å². The molecule has 0 fully saturated rings. The summed E-state index contributed by atoms with van der Waals surface area (Å²) in [5.74, 6) is 0. The van der Waals surface area contributed by atoms with Gasteiger partial charge in [-0.25, -0.2) is 0 Å². The van der Waals surface area contributed by atoms with Crippen molar-refractivity contribution in [3.8, 4) is 11.3 Å². The molecule has 2 nitrogen and oxygen atoms in total. The van der Waals surface area contributed by atoms with Gasteiger partial charge in [0.1, 0.15) is 11.2 Å². The second-order valence-electron chi connectivity index (χ2n) is 6.63. The Hall–Kier alpha value is -3.13. The molecule has 0 N–H and O–H groups in total. The predicted molar refractivity (Wildman–Crippen MR) is 104 cm³/mol. The molecule has 2 heterocycles. The van der Waals surface area contributed by atoms with Gasteiger partial charge in [-0.1, -0.05) is 36.4 Å². The standard InChI is InChI=1S/C23H17NO/c1-14-10-21(24-13-15(14)2)19-9-5-8-18-20-11-16-6-3-4-7-17(16)12-22(20)25-23(18)19/h3-13H,1-2H3. The normalized spacial score (nSPS) is 11.6. The highest BCUT2D eigenvalue weighted by atomic mass is 16.3. The number of hydrogen-bond acceptors (Lipinski definition) is 2. The molecule has 5 rings (SSSR count). The van der Waals surface area contributed by atoms with E-state index in [4.69, 9.17) is 4.42 Å². The van der Waals surface area contributed by atoms with Crippen molar-refractivity contribution in [2.45, 2.75) is 13.8 Å². The lowest BCUT2D eigenvalue weighted by atomic mass is 10.0. The third kappa shape index (κ3) is 2.14. The molecule has 2 aromatic heterocycles. The lowest BCUT2D eigenvalue weighted by molar-refractivity contribution is 0.670. The Morgan fingerprint density at radius 2 is 1.56 bits per heavy atom. The molecular weight excluding hydrogens is 306 g/mol. The van der Waals surface area contributed by atoms with E-state index in [1.165, 1.54) is 21.9 Å². The minimum atomic E-state index is 0.906. The highest BCUT2D eigenvalue weighted by molar-refractivity contribution is 6.13. The molecule has 0 spiro atoms. The van der Waals surface area contributed by atoms with Crippen LogP contribution in [0.15, 0.2) is 71.3 Å². The monoisotopic (exact) mass is 323 g/mol. The van der Waals surface area contributed by atoms with Crippen LogP contribution in [0.25, 0.3) is 44.0 Å². The maximum absolute atomic E-state index is 6.28. The van der Waals surface area contributed by atoms with E-state index in [2.05, 4.69) is 79.5 Å². The molecule has 0 bridgehead atoms. The molecule has 25 heavy (non-hydrogen) atoms. The Morgan fingerprint density at radius 3 is 2.36 bits per heavy atom. The number of fused-ring (bicyclic) bond motifs is 4. The summed E-state index contributed by atoms with van der Waals surface area (Å²) >= 11 is 0. The van der Waals surface area contributed by atoms with Crippen molar-refractivity contribution in [1.82, 2.24) is 4.98 Å². The molecule has 0 amide bonds. The maximum Gasteiger partial charge on any atom is 0.144 e. The van der Waals surface area contributed by atoms with Crippen LogP contribution in [0.3, 0.4) is 0 Å². The fraction of sp³-hybridized carbons (Fsp3) is 0.0870. The van der Waals surface area contributed by atoms with Crippen LogP contribution < -0.4 is 0 Å². The predicted octanol–water partition coefficient (Wildman–Crippen LogP) is 6.42. The van der Waals surface area contributed by atoms with Crippen molar-refractivity contribution in [3.63, 3.8) is 0 Å². The third-order valence-electron chi connectivity index (χ3n) is 5.01. The first-order valence-corrected chi connectivity index (χ1v) is 8.48. The van der Waals surface area contributed by atoms with Crippen LogP contribution in [-0.4, -0.2) is 4.98 Å². The summed E-state index contributed by atoms with van der Waals surface area (Å²) in [5.41, 5.74) is 6.27. The number of pyridine rings is 1. The van der Waals surface area contributed by atoms with E-state index in [0.29, 0.717) is 0 Å². The second-order valence-corrected chi connectivity index (χ2v) is 6.63. The molecule has 0 atom stereocenters. The van der Waals surface area contributed by atoms with Crippen molar-refractivity contribution >= 4 is 32.7 Å². The van der Waals surface area contributed by atoms with E-state index in [-0.39, 0.29) is 0 Å². The van der Waals surface area contributed by atoms with E-state index in [1.54, 1.807) is 0 Å². The van der Waals surface area contributed by atoms with Gasteiger partial charge in [-0.15, -0.1) is 0 Å². The van der Waals surface area contributed by atoms with Crippen molar-refractivity contribution in [2.24, 2.45) is 0 Å². The van der Waals surface area contributed by atoms with Crippen LogP contribution in [-0.2, 0) is 0 Å². The molecule has 0 aliphatic carbocycles. The molecule has 5 aromatic rings. The first-order chi connectivity index (χ1) is 12.2. The fourth-order valence-corrected chi connectivity index (χ4v) is 3.46. The van der Waals surface area contributed by atoms with Gasteiger partial charge in [0, 0.05) is 22.5 Å². The number of furan rings is 1. The molecule has 0 aliphatic rings. The summed E-state index contributed by atoms with van der Waals surface area (Å²) in [6, 6.07) is 21.2. The summed E-state index contributed by atoms with van der Waals surface area (Å²) in [6.07, 6.45) is 1.93. The van der Waals surface area contributed by atoms with E-state index in [0.717, 1.165) is 33.2 Å². The van der Waals surface area contributed by atoms with Crippen molar-refractivity contribution in [2.75, 3.05) is 0 Å². The number of hydrogen-bond donors (Lipinski definition) is 0. The van der Waals surface area contributed by atoms with Crippen LogP contribution in [0.5, 0.6) is 0 Å². The largest absolute Gasteiger partial charge is 0.455 e. The fourth-order valence-electron chi connectivity index (χ4n) is 3.46. The van der Waals surface area contributed by atoms with Crippen LogP contribution >= 0.6 is 0 Å². The average Bonchev–Trinajstić information content (AvgIpc) is 2.99. The maximum atomic E-state index is 6.28. The molecule has 2 heteroatoms. The molecule has 0 radical (unpaired) electrons. The first kappa shape index (κ1) is 14.2. The van der Waals surface area contributed by atoms with Crippen LogP contribution in [0, 0.1) is 13.8 Å². The van der Waals surface area contributed by atoms with Crippen LogP contribution in [0.2, 0.25) is 0 Å². The molecule has 0 saturated carbocycles. The summed E-state index contributed by atoms with van der Waals surface area (Å²) < 4.78 is 6.28. The average molecular weight is 323 g/mol. The third-order valence-corrected chi connectivity index (χ3v) is 5.01. The number of rotatable bonds is 1. The minimum absolute atomic E-state index is 0.906. The highest BCUT2D eigenvalue weighted by Gasteiger charge is 2.14. The first-order valence-electron chi connectivity index (χ1n) is 8.48. The molecule has 0 unspecified atom stereocenters. The van der Waals surface area contributed by atoms with Gasteiger partial charge in [0.25, 0.3) is 0 Å². The van der Waals surface area contributed by atoms with E-state index in [9.17, 15) is 0 Å². The highest BCUT2D eigenvalue weighted by Crippen LogP contribution is 2.37. The molecule has 3 aromatic carbocycles. The Labute approximate surface area is 145 Å². The number of aromatic nitrogens is 1. The van der Waals surface area contributed by atoms with Crippen molar-refractivity contribution < 1.29 is 4.42 Å². The second kappa shape index (κ2) is 5.18. The number of benzene rings is 3. The Kier molecular flexibility index (Phi) is 2.95. The number of nitrogens with zero attached hydrogens (tertiary/aromatic N) is 1. The Balaban J connectivity index is 1.86. The van der Waals surface area contributed by atoms with Gasteiger partial charge in [0.2, 0.25) is 0 Å². The topological polar surface area (TPSA) is 26.0 Å². The zero-order valence-corrected chi connectivity index (χ0v) is 14.2. The Bertz CT molecular complexity index is 1260. The van der Waals surface area contributed by atoms with Gasteiger partial charge >= 0.3 is 0 Å². The summed E-state index contributed by atoms with van der Waals surface area (Å²) in [7, 11) is 0. The van der Waals surface area contributed by atoms with Gasteiger partial charge in [-0.3, -0.25) is 4.98 Å². The van der Waals surface area contributed by atoms with Gasteiger partial charge in [-0.05, 0) is 60.0 Å². The Morgan fingerprint density at radius 1 is 0.760 bits per heavy atom. The summed E-state index contributed by atoms with van der Waals surface area (Å²) in [6.45, 7) is 4.20. The molecular formula is C23H17NO. The van der Waals surface area contributed by atoms with Crippen molar-refractivity contribution in [1.29, 1.82) is 0 Å². The zero-order chi connectivity index (χ0) is 17.0. The summed E-state index contributed by atoms with van der Waals surface area (Å²) in [4.78, 5) is 4.62. The van der Waals surface area contributed by atoms with E-state index in [1.807, 2.05) is 6.20 Å². The van der Waals surface area contributed by atoms with Gasteiger partial charge in [0.05, 0.1) is 5.69 Å². The molecule has 0 aliphatic heterocycles. The minimum Gasteiger partial charge on any atom is -0.455 e. The van der Waals surface area contributed by atoms with Gasteiger partial charge < -0.3 is 4.42 Å².